The van der Waals surface area contributed by atoms with Crippen molar-refractivity contribution in [2.45, 2.75) is 13.0 Å². The lowest BCUT2D eigenvalue weighted by atomic mass is 9.97. The van der Waals surface area contributed by atoms with Gasteiger partial charge in [-0.1, -0.05) is 0 Å². The summed E-state index contributed by atoms with van der Waals surface area (Å²) in [6.07, 6.45) is 0.708. The molecule has 0 unspecified atom stereocenters. The standard InChI is InChI=1S/C11H14N2O3/c1-12-6-5-8-9(7-12)11(16-2)4-3-10(8)13(14)15/h3-4H,5-7H2,1-2H3. The first-order valence-electron chi connectivity index (χ1n) is 5.15. The summed E-state index contributed by atoms with van der Waals surface area (Å²) in [4.78, 5) is 12.7. The van der Waals surface area contributed by atoms with Gasteiger partial charge >= 0.3 is 0 Å². The van der Waals surface area contributed by atoms with Gasteiger partial charge in [0.1, 0.15) is 5.75 Å². The van der Waals surface area contributed by atoms with Gasteiger partial charge in [-0.25, -0.2) is 0 Å². The van der Waals surface area contributed by atoms with E-state index < -0.39 is 0 Å². The van der Waals surface area contributed by atoms with Crippen LogP contribution in [0.25, 0.3) is 0 Å². The van der Waals surface area contributed by atoms with Crippen LogP contribution in [0.3, 0.4) is 0 Å². The molecule has 0 fully saturated rings. The zero-order valence-corrected chi connectivity index (χ0v) is 9.40. The molecule has 1 heterocycles. The van der Waals surface area contributed by atoms with Crippen molar-refractivity contribution >= 4 is 5.69 Å². The highest BCUT2D eigenvalue weighted by molar-refractivity contribution is 5.53. The third kappa shape index (κ3) is 1.74. The molecule has 0 spiro atoms. The minimum absolute atomic E-state index is 0.212. The second-order valence-corrected chi connectivity index (χ2v) is 3.99. The highest BCUT2D eigenvalue weighted by atomic mass is 16.6. The quantitative estimate of drug-likeness (QED) is 0.563. The van der Waals surface area contributed by atoms with Gasteiger partial charge in [-0.3, -0.25) is 10.1 Å². The normalized spacial score (nSPS) is 15.6. The lowest BCUT2D eigenvalue weighted by Crippen LogP contribution is -2.27. The highest BCUT2D eigenvalue weighted by Gasteiger charge is 2.25. The lowest BCUT2D eigenvalue weighted by molar-refractivity contribution is -0.385. The Bertz CT molecular complexity index is 431. The number of rotatable bonds is 2. The smallest absolute Gasteiger partial charge is 0.273 e. The molecule has 0 amide bonds. The monoisotopic (exact) mass is 222 g/mol. The van der Waals surface area contributed by atoms with Crippen LogP contribution in [0, 0.1) is 10.1 Å². The number of nitrogens with zero attached hydrogens (tertiary/aromatic N) is 2. The summed E-state index contributed by atoms with van der Waals surface area (Å²) in [5, 5.41) is 10.9. The molecule has 1 aromatic rings. The van der Waals surface area contributed by atoms with Crippen molar-refractivity contribution in [1.29, 1.82) is 0 Å². The molecule has 1 aliphatic rings. The summed E-state index contributed by atoms with van der Waals surface area (Å²) in [7, 11) is 3.59. The number of hydrogen-bond acceptors (Lipinski definition) is 4. The first-order valence-corrected chi connectivity index (χ1v) is 5.15. The molecule has 0 saturated carbocycles. The molecule has 1 aliphatic heterocycles. The van der Waals surface area contributed by atoms with Crippen molar-refractivity contribution in [2.75, 3.05) is 20.7 Å². The average molecular weight is 222 g/mol. The van der Waals surface area contributed by atoms with E-state index in [1.807, 2.05) is 7.05 Å². The number of methoxy groups -OCH3 is 1. The fourth-order valence-corrected chi connectivity index (χ4v) is 2.13. The van der Waals surface area contributed by atoms with Crippen molar-refractivity contribution in [1.82, 2.24) is 4.90 Å². The van der Waals surface area contributed by atoms with Crippen LogP contribution in [-0.4, -0.2) is 30.5 Å². The minimum atomic E-state index is -0.316. The SMILES string of the molecule is COc1ccc([N+](=O)[O-])c2c1CN(C)CC2. The van der Waals surface area contributed by atoms with Gasteiger partial charge in [0.2, 0.25) is 0 Å². The van der Waals surface area contributed by atoms with Gasteiger partial charge in [0, 0.05) is 30.3 Å². The average Bonchev–Trinajstić information content (AvgIpc) is 2.27. The van der Waals surface area contributed by atoms with Crippen molar-refractivity contribution in [2.24, 2.45) is 0 Å². The molecule has 86 valence electrons. The number of hydrogen-bond donors (Lipinski definition) is 0. The van der Waals surface area contributed by atoms with Crippen molar-refractivity contribution in [3.8, 4) is 5.75 Å². The summed E-state index contributed by atoms with van der Waals surface area (Å²) in [6.45, 7) is 1.56. The van der Waals surface area contributed by atoms with Gasteiger partial charge in [0.05, 0.1) is 12.0 Å². The van der Waals surface area contributed by atoms with E-state index in [1.54, 1.807) is 13.2 Å². The van der Waals surface area contributed by atoms with Crippen LogP contribution in [0.4, 0.5) is 5.69 Å². The predicted octanol–water partition coefficient (Wildman–Crippen LogP) is 1.59. The van der Waals surface area contributed by atoms with Gasteiger partial charge < -0.3 is 9.64 Å². The number of nitro benzene ring substituents is 1. The molecule has 5 heteroatoms. The molecular weight excluding hydrogens is 208 g/mol. The Morgan fingerprint density at radius 1 is 1.44 bits per heavy atom. The highest BCUT2D eigenvalue weighted by Crippen LogP contribution is 2.33. The van der Waals surface area contributed by atoms with Crippen LogP contribution >= 0.6 is 0 Å². The van der Waals surface area contributed by atoms with Gasteiger partial charge in [-0.2, -0.15) is 0 Å². The van der Waals surface area contributed by atoms with Crippen molar-refractivity contribution in [3.63, 3.8) is 0 Å². The van der Waals surface area contributed by atoms with E-state index in [0.717, 1.165) is 23.4 Å². The summed E-state index contributed by atoms with van der Waals surface area (Å²) in [5.41, 5.74) is 1.98. The van der Waals surface area contributed by atoms with Crippen LogP contribution in [-0.2, 0) is 13.0 Å². The fourth-order valence-electron chi connectivity index (χ4n) is 2.13. The molecule has 2 rings (SSSR count). The molecule has 5 nitrogen and oxygen atoms in total. The van der Waals surface area contributed by atoms with Crippen LogP contribution in [0.1, 0.15) is 11.1 Å². The predicted molar refractivity (Wildman–Crippen MR) is 59.7 cm³/mol. The molecule has 0 aromatic heterocycles. The third-order valence-corrected chi connectivity index (χ3v) is 2.95. The van der Waals surface area contributed by atoms with E-state index in [-0.39, 0.29) is 10.6 Å². The lowest BCUT2D eigenvalue weighted by Gasteiger charge is -2.26. The van der Waals surface area contributed by atoms with Gasteiger partial charge in [0.15, 0.2) is 0 Å². The van der Waals surface area contributed by atoms with Crippen molar-refractivity contribution in [3.05, 3.63) is 33.4 Å². The second kappa shape index (κ2) is 4.09. The van der Waals surface area contributed by atoms with Crippen molar-refractivity contribution < 1.29 is 9.66 Å². The summed E-state index contributed by atoms with van der Waals surface area (Å²) < 4.78 is 5.25. The number of ether oxygens (including phenoxy) is 1. The molecule has 0 saturated heterocycles. The summed E-state index contributed by atoms with van der Waals surface area (Å²) >= 11 is 0. The Morgan fingerprint density at radius 3 is 2.81 bits per heavy atom. The van der Waals surface area contributed by atoms with Gasteiger partial charge in [0.25, 0.3) is 5.69 Å². The van der Waals surface area contributed by atoms with Crippen LogP contribution in [0.2, 0.25) is 0 Å². The number of nitro groups is 1. The molecule has 0 N–H and O–H groups in total. The first-order chi connectivity index (χ1) is 7.63. The Morgan fingerprint density at radius 2 is 2.19 bits per heavy atom. The minimum Gasteiger partial charge on any atom is -0.496 e. The molecule has 0 aliphatic carbocycles. The summed E-state index contributed by atoms with van der Waals surface area (Å²) in [6, 6.07) is 3.21. The molecule has 0 atom stereocenters. The number of benzene rings is 1. The largest absolute Gasteiger partial charge is 0.496 e. The molecule has 0 radical (unpaired) electrons. The Kier molecular flexibility index (Phi) is 2.78. The van der Waals surface area contributed by atoms with Gasteiger partial charge in [-0.05, 0) is 19.5 Å². The Hall–Kier alpha value is -1.62. The topological polar surface area (TPSA) is 55.6 Å². The maximum atomic E-state index is 10.9. The maximum Gasteiger partial charge on any atom is 0.273 e. The van der Waals surface area contributed by atoms with Crippen LogP contribution in [0.5, 0.6) is 5.75 Å². The Labute approximate surface area is 93.8 Å². The zero-order chi connectivity index (χ0) is 11.7. The van der Waals surface area contributed by atoms with E-state index in [9.17, 15) is 10.1 Å². The van der Waals surface area contributed by atoms with E-state index >= 15 is 0 Å². The maximum absolute atomic E-state index is 10.9. The van der Waals surface area contributed by atoms with Gasteiger partial charge in [-0.15, -0.1) is 0 Å². The summed E-state index contributed by atoms with van der Waals surface area (Å²) in [5.74, 6) is 0.743. The Balaban J connectivity index is 2.55. The zero-order valence-electron chi connectivity index (χ0n) is 9.40. The molecular formula is C11H14N2O3. The number of likely N-dealkylation sites (N-methyl/N-ethyl adjacent to an activating group) is 1. The molecule has 0 bridgehead atoms. The second-order valence-electron chi connectivity index (χ2n) is 3.99. The van der Waals surface area contributed by atoms with E-state index in [0.29, 0.717) is 13.0 Å². The number of fused-ring (bicyclic) bond motifs is 1. The van der Waals surface area contributed by atoms with Crippen LogP contribution < -0.4 is 4.74 Å². The first kappa shape index (κ1) is 10.9. The fraction of sp³-hybridized carbons (Fsp3) is 0.455. The molecule has 1 aromatic carbocycles. The van der Waals surface area contributed by atoms with Crippen LogP contribution in [0.15, 0.2) is 12.1 Å². The van der Waals surface area contributed by atoms with E-state index in [1.165, 1.54) is 6.07 Å². The molecule has 16 heavy (non-hydrogen) atoms. The van der Waals surface area contributed by atoms with E-state index in [4.69, 9.17) is 4.74 Å². The third-order valence-electron chi connectivity index (χ3n) is 2.95. The van der Waals surface area contributed by atoms with E-state index in [2.05, 4.69) is 4.90 Å².